The van der Waals surface area contributed by atoms with E-state index in [1.807, 2.05) is 31.3 Å². The Labute approximate surface area is 131 Å². The van der Waals surface area contributed by atoms with Crippen LogP contribution in [0.1, 0.15) is 32.1 Å². The van der Waals surface area contributed by atoms with Gasteiger partial charge < -0.3 is 10.4 Å². The third-order valence-electron chi connectivity index (χ3n) is 3.33. The van der Waals surface area contributed by atoms with E-state index in [2.05, 4.69) is 36.3 Å². The minimum atomic E-state index is -0.255. The Morgan fingerprint density at radius 1 is 1.29 bits per heavy atom. The van der Waals surface area contributed by atoms with E-state index in [4.69, 9.17) is 0 Å². The average Bonchev–Trinajstić information content (AvgIpc) is 2.87. The van der Waals surface area contributed by atoms with E-state index in [9.17, 15) is 5.11 Å². The molecular weight excluding hydrogens is 280 g/mol. The minimum absolute atomic E-state index is 0.0983. The van der Waals surface area contributed by atoms with E-state index in [0.29, 0.717) is 0 Å². The van der Waals surface area contributed by atoms with E-state index in [1.165, 1.54) is 10.4 Å². The van der Waals surface area contributed by atoms with Crippen molar-refractivity contribution in [2.75, 3.05) is 6.54 Å². The number of aliphatic hydroxyl groups excluding tert-OH is 1. The molecule has 1 aromatic carbocycles. The van der Waals surface area contributed by atoms with Crippen molar-refractivity contribution in [3.63, 3.8) is 0 Å². The first-order chi connectivity index (χ1) is 9.96. The molecule has 0 fully saturated rings. The van der Waals surface area contributed by atoms with Gasteiger partial charge in [-0.25, -0.2) is 4.98 Å². The summed E-state index contributed by atoms with van der Waals surface area (Å²) >= 11 is 1.73. The van der Waals surface area contributed by atoms with Gasteiger partial charge in [0.1, 0.15) is 5.01 Å². The Bertz CT molecular complexity index is 549. The molecule has 1 unspecified atom stereocenters. The summed E-state index contributed by atoms with van der Waals surface area (Å²) in [5, 5.41) is 14.0. The Morgan fingerprint density at radius 2 is 2.00 bits per heavy atom. The lowest BCUT2D eigenvalue weighted by molar-refractivity contribution is 0.128. The Balaban J connectivity index is 1.86. The zero-order valence-corrected chi connectivity index (χ0v) is 13.8. The maximum absolute atomic E-state index is 9.50. The maximum Gasteiger partial charge on any atom is 0.123 e. The topological polar surface area (TPSA) is 45.1 Å². The van der Waals surface area contributed by atoms with Gasteiger partial charge in [0, 0.05) is 29.7 Å². The van der Waals surface area contributed by atoms with Crippen molar-refractivity contribution in [3.05, 3.63) is 41.4 Å². The highest BCUT2D eigenvalue weighted by Gasteiger charge is 2.19. The van der Waals surface area contributed by atoms with Crippen molar-refractivity contribution < 1.29 is 5.11 Å². The van der Waals surface area contributed by atoms with Crippen LogP contribution in [0.15, 0.2) is 36.5 Å². The number of aromatic nitrogens is 1. The SMILES string of the molecule is CC(O)CC(C)(C)CNCc1cnc(-c2ccccc2)s1. The molecule has 2 rings (SSSR count). The molecule has 0 amide bonds. The van der Waals surface area contributed by atoms with Crippen molar-refractivity contribution >= 4 is 11.3 Å². The number of benzene rings is 1. The molecule has 2 N–H and O–H groups in total. The first-order valence-electron chi connectivity index (χ1n) is 7.35. The van der Waals surface area contributed by atoms with E-state index >= 15 is 0 Å². The first-order valence-corrected chi connectivity index (χ1v) is 8.17. The van der Waals surface area contributed by atoms with Gasteiger partial charge in [0.15, 0.2) is 0 Å². The molecule has 1 heterocycles. The lowest BCUT2D eigenvalue weighted by Gasteiger charge is -2.26. The van der Waals surface area contributed by atoms with Crippen LogP contribution < -0.4 is 5.32 Å². The summed E-state index contributed by atoms with van der Waals surface area (Å²) in [5.41, 5.74) is 1.27. The van der Waals surface area contributed by atoms with Gasteiger partial charge in [-0.15, -0.1) is 11.3 Å². The predicted molar refractivity (Wildman–Crippen MR) is 89.3 cm³/mol. The molecule has 1 atom stereocenters. The summed E-state index contributed by atoms with van der Waals surface area (Å²) in [6, 6.07) is 10.3. The number of aliphatic hydroxyl groups is 1. The lowest BCUT2D eigenvalue weighted by atomic mass is 9.87. The summed E-state index contributed by atoms with van der Waals surface area (Å²) in [5.74, 6) is 0. The zero-order chi connectivity index (χ0) is 15.3. The predicted octanol–water partition coefficient (Wildman–Crippen LogP) is 3.70. The lowest BCUT2D eigenvalue weighted by Crippen LogP contribution is -2.31. The van der Waals surface area contributed by atoms with E-state index in [-0.39, 0.29) is 11.5 Å². The van der Waals surface area contributed by atoms with Crippen LogP contribution in [-0.4, -0.2) is 22.7 Å². The zero-order valence-electron chi connectivity index (χ0n) is 13.0. The second-order valence-electron chi connectivity index (χ2n) is 6.32. The van der Waals surface area contributed by atoms with Crippen molar-refractivity contribution in [2.24, 2.45) is 5.41 Å². The van der Waals surface area contributed by atoms with Crippen molar-refractivity contribution in [2.45, 2.75) is 39.8 Å². The highest BCUT2D eigenvalue weighted by molar-refractivity contribution is 7.15. The third kappa shape index (κ3) is 5.23. The van der Waals surface area contributed by atoms with E-state index < -0.39 is 0 Å². The second kappa shape index (κ2) is 7.16. The highest BCUT2D eigenvalue weighted by Crippen LogP contribution is 2.25. The fourth-order valence-corrected chi connectivity index (χ4v) is 3.39. The summed E-state index contributed by atoms with van der Waals surface area (Å²) in [6.45, 7) is 7.91. The van der Waals surface area contributed by atoms with Crippen LogP contribution in [0.3, 0.4) is 0 Å². The van der Waals surface area contributed by atoms with Crippen molar-refractivity contribution in [3.8, 4) is 10.6 Å². The van der Waals surface area contributed by atoms with Crippen LogP contribution >= 0.6 is 11.3 Å². The second-order valence-corrected chi connectivity index (χ2v) is 7.43. The van der Waals surface area contributed by atoms with Gasteiger partial charge in [-0.2, -0.15) is 0 Å². The van der Waals surface area contributed by atoms with Crippen molar-refractivity contribution in [1.29, 1.82) is 0 Å². The molecule has 0 spiro atoms. The van der Waals surface area contributed by atoms with Crippen LogP contribution in [0, 0.1) is 5.41 Å². The van der Waals surface area contributed by atoms with Crippen LogP contribution in [0.25, 0.3) is 10.6 Å². The molecular formula is C17H24N2OS. The molecule has 0 aliphatic heterocycles. The van der Waals surface area contributed by atoms with Gasteiger partial charge in [0.05, 0.1) is 6.10 Å². The Hall–Kier alpha value is -1.23. The molecule has 3 nitrogen and oxygen atoms in total. The third-order valence-corrected chi connectivity index (χ3v) is 4.37. The highest BCUT2D eigenvalue weighted by atomic mass is 32.1. The molecule has 0 bridgehead atoms. The molecule has 0 radical (unpaired) electrons. The summed E-state index contributed by atoms with van der Waals surface area (Å²) in [7, 11) is 0. The summed E-state index contributed by atoms with van der Waals surface area (Å²) < 4.78 is 0. The van der Waals surface area contributed by atoms with Gasteiger partial charge in [-0.05, 0) is 18.8 Å². The summed E-state index contributed by atoms with van der Waals surface area (Å²) in [4.78, 5) is 5.73. The molecule has 21 heavy (non-hydrogen) atoms. The standard InChI is InChI=1S/C17H24N2OS/c1-13(20)9-17(2,3)12-18-10-15-11-19-16(21-15)14-7-5-4-6-8-14/h4-8,11,13,18,20H,9-10,12H2,1-3H3. The number of hydrogen-bond donors (Lipinski definition) is 2. The molecule has 2 aromatic rings. The fourth-order valence-electron chi connectivity index (χ4n) is 2.50. The molecule has 114 valence electrons. The molecule has 4 heteroatoms. The number of rotatable bonds is 7. The minimum Gasteiger partial charge on any atom is -0.393 e. The van der Waals surface area contributed by atoms with Gasteiger partial charge >= 0.3 is 0 Å². The number of thiazole rings is 1. The van der Waals surface area contributed by atoms with Gasteiger partial charge in [0.25, 0.3) is 0 Å². The molecule has 0 saturated heterocycles. The molecule has 1 aromatic heterocycles. The number of nitrogens with one attached hydrogen (secondary N) is 1. The fraction of sp³-hybridized carbons (Fsp3) is 0.471. The number of hydrogen-bond acceptors (Lipinski definition) is 4. The Morgan fingerprint density at radius 3 is 2.67 bits per heavy atom. The maximum atomic E-state index is 9.50. The van der Waals surface area contributed by atoms with Crippen molar-refractivity contribution in [1.82, 2.24) is 10.3 Å². The Kier molecular flexibility index (Phi) is 5.51. The van der Waals surface area contributed by atoms with Crippen LogP contribution in [0.4, 0.5) is 0 Å². The van der Waals surface area contributed by atoms with E-state index in [1.54, 1.807) is 11.3 Å². The monoisotopic (exact) mass is 304 g/mol. The van der Waals surface area contributed by atoms with Crippen LogP contribution in [0.5, 0.6) is 0 Å². The van der Waals surface area contributed by atoms with Gasteiger partial charge in [0.2, 0.25) is 0 Å². The first kappa shape index (κ1) is 16.1. The average molecular weight is 304 g/mol. The molecule has 0 aliphatic rings. The normalized spacial score (nSPS) is 13.3. The molecule has 0 saturated carbocycles. The van der Waals surface area contributed by atoms with Crippen LogP contribution in [-0.2, 0) is 6.54 Å². The van der Waals surface area contributed by atoms with Crippen LogP contribution in [0.2, 0.25) is 0 Å². The van der Waals surface area contributed by atoms with E-state index in [0.717, 1.165) is 24.5 Å². The number of nitrogens with zero attached hydrogens (tertiary/aromatic N) is 1. The van der Waals surface area contributed by atoms with Gasteiger partial charge in [-0.3, -0.25) is 0 Å². The smallest absolute Gasteiger partial charge is 0.123 e. The largest absolute Gasteiger partial charge is 0.393 e. The summed E-state index contributed by atoms with van der Waals surface area (Å²) in [6.07, 6.45) is 2.49. The molecule has 0 aliphatic carbocycles. The van der Waals surface area contributed by atoms with Gasteiger partial charge in [-0.1, -0.05) is 44.2 Å². The quantitative estimate of drug-likeness (QED) is 0.820.